The van der Waals surface area contributed by atoms with Crippen LogP contribution in [0.2, 0.25) is 0 Å². The normalized spacial score (nSPS) is 11.9. The van der Waals surface area contributed by atoms with Crippen LogP contribution in [0.15, 0.2) is 48.7 Å². The van der Waals surface area contributed by atoms with E-state index in [1.807, 2.05) is 44.2 Å². The van der Waals surface area contributed by atoms with Crippen molar-refractivity contribution in [1.29, 1.82) is 0 Å². The quantitative estimate of drug-likeness (QED) is 0.709. The minimum Gasteiger partial charge on any atom is -0.454 e. The standard InChI is InChI=1S/C21H20N4O3/c1-13-3-5-16(14(2)9-13)24-21-22-8-7-17(25-21)20(26)23-11-15-4-6-18-19(10-15)28-12-27-18/h3-10H,11-12H2,1-2H3,(H,23,26)(H,22,24,25). The second-order valence-corrected chi connectivity index (χ2v) is 6.58. The summed E-state index contributed by atoms with van der Waals surface area (Å²) >= 11 is 0. The summed E-state index contributed by atoms with van der Waals surface area (Å²) < 4.78 is 10.6. The first kappa shape index (κ1) is 17.8. The van der Waals surface area contributed by atoms with E-state index in [4.69, 9.17) is 9.47 Å². The van der Waals surface area contributed by atoms with Gasteiger partial charge in [0.1, 0.15) is 5.69 Å². The molecule has 1 amide bonds. The molecule has 0 fully saturated rings. The molecule has 0 unspecified atom stereocenters. The molecule has 0 saturated carbocycles. The van der Waals surface area contributed by atoms with Crippen molar-refractivity contribution < 1.29 is 14.3 Å². The number of amides is 1. The zero-order valence-electron chi connectivity index (χ0n) is 15.7. The van der Waals surface area contributed by atoms with Crippen LogP contribution in [0.3, 0.4) is 0 Å². The molecule has 142 valence electrons. The predicted molar refractivity (Wildman–Crippen MR) is 105 cm³/mol. The summed E-state index contributed by atoms with van der Waals surface area (Å²) in [4.78, 5) is 21.0. The van der Waals surface area contributed by atoms with E-state index in [0.717, 1.165) is 16.8 Å². The number of rotatable bonds is 5. The second kappa shape index (κ2) is 7.56. The van der Waals surface area contributed by atoms with Crippen LogP contribution < -0.4 is 20.1 Å². The van der Waals surface area contributed by atoms with E-state index >= 15 is 0 Å². The van der Waals surface area contributed by atoms with Crippen molar-refractivity contribution >= 4 is 17.5 Å². The van der Waals surface area contributed by atoms with Crippen LogP contribution in [-0.2, 0) is 6.54 Å². The van der Waals surface area contributed by atoms with Crippen molar-refractivity contribution in [3.05, 3.63) is 71.0 Å². The molecule has 0 atom stereocenters. The first-order valence-electron chi connectivity index (χ1n) is 8.92. The van der Waals surface area contributed by atoms with E-state index in [1.165, 1.54) is 5.56 Å². The number of nitrogens with zero attached hydrogens (tertiary/aromatic N) is 2. The maximum absolute atomic E-state index is 12.5. The number of aryl methyl sites for hydroxylation is 2. The van der Waals surface area contributed by atoms with Crippen LogP contribution in [0.4, 0.5) is 11.6 Å². The third-order valence-corrected chi connectivity index (χ3v) is 4.41. The number of carbonyl (C=O) groups excluding carboxylic acids is 1. The van der Waals surface area contributed by atoms with E-state index in [-0.39, 0.29) is 12.7 Å². The average Bonchev–Trinajstić information content (AvgIpc) is 3.16. The maximum atomic E-state index is 12.5. The average molecular weight is 376 g/mol. The van der Waals surface area contributed by atoms with E-state index < -0.39 is 0 Å². The molecule has 0 aliphatic carbocycles. The van der Waals surface area contributed by atoms with Gasteiger partial charge in [0.25, 0.3) is 5.91 Å². The summed E-state index contributed by atoms with van der Waals surface area (Å²) in [5.41, 5.74) is 4.38. The monoisotopic (exact) mass is 376 g/mol. The lowest BCUT2D eigenvalue weighted by Crippen LogP contribution is -2.24. The van der Waals surface area contributed by atoms with Crippen LogP contribution in [0.1, 0.15) is 27.2 Å². The topological polar surface area (TPSA) is 85.4 Å². The molecule has 7 heteroatoms. The molecule has 28 heavy (non-hydrogen) atoms. The molecular weight excluding hydrogens is 356 g/mol. The molecule has 1 aromatic heterocycles. The van der Waals surface area contributed by atoms with Gasteiger partial charge in [-0.2, -0.15) is 0 Å². The van der Waals surface area contributed by atoms with E-state index in [1.54, 1.807) is 12.3 Å². The Morgan fingerprint density at radius 3 is 2.79 bits per heavy atom. The number of fused-ring (bicyclic) bond motifs is 1. The molecule has 3 aromatic rings. The highest BCUT2D eigenvalue weighted by molar-refractivity contribution is 5.92. The number of ether oxygens (including phenoxy) is 2. The van der Waals surface area contributed by atoms with E-state index in [2.05, 4.69) is 26.7 Å². The van der Waals surface area contributed by atoms with E-state index in [0.29, 0.717) is 29.7 Å². The van der Waals surface area contributed by atoms with Crippen LogP contribution in [0, 0.1) is 13.8 Å². The molecule has 0 bridgehead atoms. The summed E-state index contributed by atoms with van der Waals surface area (Å²) in [6.45, 7) is 4.64. The fraction of sp³-hybridized carbons (Fsp3) is 0.190. The minimum atomic E-state index is -0.274. The first-order chi connectivity index (χ1) is 13.6. The van der Waals surface area contributed by atoms with Gasteiger partial charge < -0.3 is 20.1 Å². The number of carbonyl (C=O) groups is 1. The zero-order chi connectivity index (χ0) is 19.5. The molecule has 4 rings (SSSR count). The van der Waals surface area contributed by atoms with Crippen molar-refractivity contribution in [2.75, 3.05) is 12.1 Å². The summed E-state index contributed by atoms with van der Waals surface area (Å²) in [6.07, 6.45) is 1.56. The van der Waals surface area contributed by atoms with Gasteiger partial charge in [0, 0.05) is 18.4 Å². The van der Waals surface area contributed by atoms with Gasteiger partial charge in [-0.3, -0.25) is 4.79 Å². The largest absolute Gasteiger partial charge is 0.454 e. The fourth-order valence-corrected chi connectivity index (χ4v) is 2.94. The SMILES string of the molecule is Cc1ccc(Nc2nccc(C(=O)NCc3ccc4c(c3)OCO4)n2)c(C)c1. The summed E-state index contributed by atoms with van der Waals surface area (Å²) in [5, 5.41) is 6.03. The molecule has 2 N–H and O–H groups in total. The summed E-state index contributed by atoms with van der Waals surface area (Å²) in [5.74, 6) is 1.51. The van der Waals surface area contributed by atoms with Gasteiger partial charge in [-0.25, -0.2) is 9.97 Å². The highest BCUT2D eigenvalue weighted by Crippen LogP contribution is 2.32. The van der Waals surface area contributed by atoms with Gasteiger partial charge in [0.15, 0.2) is 11.5 Å². The van der Waals surface area contributed by atoms with Crippen LogP contribution >= 0.6 is 0 Å². The molecule has 0 radical (unpaired) electrons. The lowest BCUT2D eigenvalue weighted by molar-refractivity contribution is 0.0946. The number of aromatic nitrogens is 2. The number of benzene rings is 2. The Morgan fingerprint density at radius 1 is 1.07 bits per heavy atom. The molecule has 1 aliphatic heterocycles. The summed E-state index contributed by atoms with van der Waals surface area (Å²) in [7, 11) is 0. The highest BCUT2D eigenvalue weighted by Gasteiger charge is 2.14. The van der Waals surface area contributed by atoms with Gasteiger partial charge in [0.2, 0.25) is 12.7 Å². The van der Waals surface area contributed by atoms with Crippen molar-refractivity contribution in [2.45, 2.75) is 20.4 Å². The van der Waals surface area contributed by atoms with Gasteiger partial charge in [0.05, 0.1) is 0 Å². The van der Waals surface area contributed by atoms with E-state index in [9.17, 15) is 4.79 Å². The smallest absolute Gasteiger partial charge is 0.270 e. The summed E-state index contributed by atoms with van der Waals surface area (Å²) in [6, 6.07) is 13.2. The van der Waals surface area contributed by atoms with Gasteiger partial charge in [-0.1, -0.05) is 23.8 Å². The molecule has 0 saturated heterocycles. The molecular formula is C21H20N4O3. The number of hydrogen-bond acceptors (Lipinski definition) is 6. The fourth-order valence-electron chi connectivity index (χ4n) is 2.94. The minimum absolute atomic E-state index is 0.225. The highest BCUT2D eigenvalue weighted by atomic mass is 16.7. The third-order valence-electron chi connectivity index (χ3n) is 4.41. The molecule has 2 heterocycles. The van der Waals surface area contributed by atoms with Crippen molar-refractivity contribution in [3.63, 3.8) is 0 Å². The van der Waals surface area contributed by atoms with Crippen molar-refractivity contribution in [1.82, 2.24) is 15.3 Å². The Hall–Kier alpha value is -3.61. The van der Waals surface area contributed by atoms with Crippen LogP contribution in [0.5, 0.6) is 11.5 Å². The maximum Gasteiger partial charge on any atom is 0.270 e. The van der Waals surface area contributed by atoms with Crippen LogP contribution in [-0.4, -0.2) is 22.7 Å². The Balaban J connectivity index is 1.42. The lowest BCUT2D eigenvalue weighted by atomic mass is 10.1. The first-order valence-corrected chi connectivity index (χ1v) is 8.92. The van der Waals surface area contributed by atoms with Crippen molar-refractivity contribution in [3.8, 4) is 11.5 Å². The van der Waals surface area contributed by atoms with Gasteiger partial charge in [-0.15, -0.1) is 0 Å². The molecule has 1 aliphatic rings. The predicted octanol–water partition coefficient (Wildman–Crippen LogP) is 3.50. The Bertz CT molecular complexity index is 1040. The van der Waals surface area contributed by atoms with Crippen molar-refractivity contribution in [2.24, 2.45) is 0 Å². The Kier molecular flexibility index (Phi) is 4.80. The van der Waals surface area contributed by atoms with Gasteiger partial charge >= 0.3 is 0 Å². The lowest BCUT2D eigenvalue weighted by Gasteiger charge is -2.10. The Labute approximate surface area is 162 Å². The zero-order valence-corrected chi connectivity index (χ0v) is 15.7. The number of anilines is 2. The molecule has 0 spiro atoms. The Morgan fingerprint density at radius 2 is 1.93 bits per heavy atom. The number of nitrogens with one attached hydrogen (secondary N) is 2. The third kappa shape index (κ3) is 3.88. The van der Waals surface area contributed by atoms with Crippen LogP contribution in [0.25, 0.3) is 0 Å². The molecule has 7 nitrogen and oxygen atoms in total. The number of hydrogen-bond donors (Lipinski definition) is 2. The second-order valence-electron chi connectivity index (χ2n) is 6.58. The molecule has 2 aromatic carbocycles. The van der Waals surface area contributed by atoms with Gasteiger partial charge in [-0.05, 0) is 49.2 Å².